The normalized spacial score (nSPS) is 20.6. The highest BCUT2D eigenvalue weighted by Gasteiger charge is 2.44. The van der Waals surface area contributed by atoms with E-state index in [1.165, 1.54) is 0 Å². The van der Waals surface area contributed by atoms with Crippen LogP contribution in [-0.2, 0) is 4.79 Å². The average Bonchev–Trinajstić information content (AvgIpc) is 2.90. The molecule has 2 N–H and O–H groups in total. The van der Waals surface area contributed by atoms with Crippen LogP contribution in [0.2, 0.25) is 10.0 Å². The quantitative estimate of drug-likeness (QED) is 0.798. The Morgan fingerprint density at radius 2 is 1.89 bits per heavy atom. The van der Waals surface area contributed by atoms with E-state index in [0.717, 1.165) is 0 Å². The van der Waals surface area contributed by atoms with Gasteiger partial charge in [-0.1, -0.05) is 41.4 Å². The molecular formula is C20H20Cl2N2O3. The summed E-state index contributed by atoms with van der Waals surface area (Å²) in [5.41, 5.74) is 0.0220. The maximum Gasteiger partial charge on any atom is 0.252 e. The molecular weight excluding hydrogens is 387 g/mol. The van der Waals surface area contributed by atoms with Crippen molar-refractivity contribution in [2.75, 3.05) is 13.1 Å². The molecule has 7 heteroatoms. The summed E-state index contributed by atoms with van der Waals surface area (Å²) in [6, 6.07) is 13.5. The van der Waals surface area contributed by atoms with Gasteiger partial charge in [-0.05, 0) is 49.2 Å². The molecule has 2 unspecified atom stereocenters. The summed E-state index contributed by atoms with van der Waals surface area (Å²) in [6.07, 6.45) is -0.390. The second-order valence-electron chi connectivity index (χ2n) is 6.87. The van der Waals surface area contributed by atoms with Crippen LogP contribution in [0.1, 0.15) is 35.4 Å². The van der Waals surface area contributed by atoms with Crippen LogP contribution in [0, 0.1) is 0 Å². The molecule has 2 aromatic rings. The van der Waals surface area contributed by atoms with Gasteiger partial charge < -0.3 is 15.3 Å². The van der Waals surface area contributed by atoms with E-state index >= 15 is 0 Å². The molecule has 0 bridgehead atoms. The van der Waals surface area contributed by atoms with Crippen molar-refractivity contribution in [2.45, 2.75) is 25.0 Å². The lowest BCUT2D eigenvalue weighted by Crippen LogP contribution is -2.52. The van der Waals surface area contributed by atoms with Gasteiger partial charge in [0.25, 0.3) is 5.91 Å². The van der Waals surface area contributed by atoms with E-state index in [2.05, 4.69) is 5.32 Å². The Hall–Kier alpha value is -2.08. The van der Waals surface area contributed by atoms with Gasteiger partial charge in [-0.25, -0.2) is 0 Å². The van der Waals surface area contributed by atoms with Crippen molar-refractivity contribution in [3.05, 3.63) is 69.7 Å². The summed E-state index contributed by atoms with van der Waals surface area (Å²) in [7, 11) is 0. The Bertz CT molecular complexity index is 874. The number of carbonyl (C=O) groups excluding carboxylic acids is 2. The lowest BCUT2D eigenvalue weighted by Gasteiger charge is -2.26. The number of rotatable bonds is 5. The fraction of sp³-hybridized carbons (Fsp3) is 0.300. The monoisotopic (exact) mass is 406 g/mol. The van der Waals surface area contributed by atoms with Crippen LogP contribution < -0.4 is 5.32 Å². The summed E-state index contributed by atoms with van der Waals surface area (Å²) in [6.45, 7) is 2.29. The first-order chi connectivity index (χ1) is 12.8. The van der Waals surface area contributed by atoms with Gasteiger partial charge in [-0.2, -0.15) is 0 Å². The van der Waals surface area contributed by atoms with Gasteiger partial charge in [-0.15, -0.1) is 0 Å². The highest BCUT2D eigenvalue weighted by molar-refractivity contribution is 6.31. The van der Waals surface area contributed by atoms with E-state index in [1.807, 2.05) is 0 Å². The third-order valence-electron chi connectivity index (χ3n) is 4.74. The van der Waals surface area contributed by atoms with E-state index in [-0.39, 0.29) is 18.4 Å². The van der Waals surface area contributed by atoms with Crippen molar-refractivity contribution in [1.82, 2.24) is 10.2 Å². The molecule has 0 aliphatic carbocycles. The lowest BCUT2D eigenvalue weighted by molar-refractivity contribution is -0.133. The number of amides is 2. The Balaban J connectivity index is 1.67. The first-order valence-electron chi connectivity index (χ1n) is 8.59. The summed E-state index contributed by atoms with van der Waals surface area (Å²) in [4.78, 5) is 26.9. The topological polar surface area (TPSA) is 69.6 Å². The number of nitrogens with one attached hydrogen (secondary N) is 1. The molecule has 2 aromatic carbocycles. The number of aliphatic hydroxyl groups is 1. The molecule has 0 aromatic heterocycles. The second kappa shape index (κ2) is 7.89. The minimum absolute atomic E-state index is 0.141. The number of carbonyl (C=O) groups is 2. The van der Waals surface area contributed by atoms with Gasteiger partial charge >= 0.3 is 0 Å². The number of likely N-dealkylation sites (tertiary alicyclic amines) is 1. The SMILES string of the molecule is CC1(NC(=O)c2cccc(Cl)c2)CCN(CC(O)c2cccc(Cl)c2)C1=O. The largest absolute Gasteiger partial charge is 0.387 e. The number of β-amino-alcohol motifs (C(OH)–C–C–N with tert-alkyl or cyclic N) is 1. The molecule has 0 saturated carbocycles. The number of benzene rings is 2. The van der Waals surface area contributed by atoms with Gasteiger partial charge in [0.2, 0.25) is 5.91 Å². The van der Waals surface area contributed by atoms with Crippen molar-refractivity contribution >= 4 is 35.0 Å². The van der Waals surface area contributed by atoms with Gasteiger partial charge in [0.15, 0.2) is 0 Å². The molecule has 1 aliphatic rings. The number of aliphatic hydroxyl groups excluding tert-OH is 1. The van der Waals surface area contributed by atoms with Crippen LogP contribution in [0.5, 0.6) is 0 Å². The van der Waals surface area contributed by atoms with Gasteiger partial charge in [0.1, 0.15) is 5.54 Å². The van der Waals surface area contributed by atoms with E-state index in [0.29, 0.717) is 34.1 Å². The minimum Gasteiger partial charge on any atom is -0.387 e. The fourth-order valence-corrected chi connectivity index (χ4v) is 3.58. The zero-order valence-corrected chi connectivity index (χ0v) is 16.3. The molecule has 3 rings (SSSR count). The molecule has 27 heavy (non-hydrogen) atoms. The van der Waals surface area contributed by atoms with Crippen LogP contribution in [0.3, 0.4) is 0 Å². The molecule has 0 spiro atoms. The summed E-state index contributed by atoms with van der Waals surface area (Å²) in [5.74, 6) is -0.579. The minimum atomic E-state index is -1.02. The number of nitrogens with zero attached hydrogens (tertiary/aromatic N) is 1. The number of hydrogen-bond acceptors (Lipinski definition) is 3. The standard InChI is InChI=1S/C20H20Cl2N2O3/c1-20(23-18(26)14-5-3-7-16(22)11-14)8-9-24(19(20)27)12-17(25)13-4-2-6-15(21)10-13/h2-7,10-11,17,25H,8-9,12H2,1H3,(H,23,26). The van der Waals surface area contributed by atoms with Gasteiger partial charge in [0.05, 0.1) is 12.6 Å². The maximum atomic E-state index is 12.8. The highest BCUT2D eigenvalue weighted by atomic mass is 35.5. The van der Waals surface area contributed by atoms with Crippen LogP contribution in [0.25, 0.3) is 0 Å². The third kappa shape index (κ3) is 4.43. The number of halogens is 2. The van der Waals surface area contributed by atoms with Crippen LogP contribution >= 0.6 is 23.2 Å². The Morgan fingerprint density at radius 3 is 2.56 bits per heavy atom. The molecule has 1 saturated heterocycles. The van der Waals surface area contributed by atoms with Gasteiger partial charge in [-0.3, -0.25) is 9.59 Å². The summed E-state index contributed by atoms with van der Waals surface area (Å²) < 4.78 is 0. The Morgan fingerprint density at radius 1 is 1.22 bits per heavy atom. The molecule has 1 heterocycles. The lowest BCUT2D eigenvalue weighted by atomic mass is 10.00. The molecule has 0 radical (unpaired) electrons. The first-order valence-corrected chi connectivity index (χ1v) is 9.35. The molecule has 142 valence electrons. The van der Waals surface area contributed by atoms with Crippen LogP contribution in [0.15, 0.2) is 48.5 Å². The zero-order chi connectivity index (χ0) is 19.6. The Kier molecular flexibility index (Phi) is 5.75. The van der Waals surface area contributed by atoms with Crippen molar-refractivity contribution < 1.29 is 14.7 Å². The second-order valence-corrected chi connectivity index (χ2v) is 7.74. The molecule has 5 nitrogen and oxygen atoms in total. The van der Waals surface area contributed by atoms with Crippen molar-refractivity contribution in [1.29, 1.82) is 0 Å². The maximum absolute atomic E-state index is 12.8. The predicted molar refractivity (Wildman–Crippen MR) is 105 cm³/mol. The van der Waals surface area contributed by atoms with Gasteiger partial charge in [0, 0.05) is 22.2 Å². The molecule has 1 aliphatic heterocycles. The predicted octanol–water partition coefficient (Wildman–Crippen LogP) is 3.45. The summed E-state index contributed by atoms with van der Waals surface area (Å²) in [5, 5.41) is 14.2. The van der Waals surface area contributed by atoms with Crippen molar-refractivity contribution in [2.24, 2.45) is 0 Å². The average molecular weight is 407 g/mol. The third-order valence-corrected chi connectivity index (χ3v) is 5.21. The van der Waals surface area contributed by atoms with Crippen molar-refractivity contribution in [3.8, 4) is 0 Å². The highest BCUT2D eigenvalue weighted by Crippen LogP contribution is 2.26. The Labute approximate surface area is 167 Å². The zero-order valence-electron chi connectivity index (χ0n) is 14.8. The molecule has 1 fully saturated rings. The van der Waals surface area contributed by atoms with Crippen molar-refractivity contribution in [3.63, 3.8) is 0 Å². The smallest absolute Gasteiger partial charge is 0.252 e. The van der Waals surface area contributed by atoms with Crippen LogP contribution in [-0.4, -0.2) is 40.4 Å². The fourth-order valence-electron chi connectivity index (χ4n) is 3.19. The summed E-state index contributed by atoms with van der Waals surface area (Å²) >= 11 is 11.9. The van der Waals surface area contributed by atoms with E-state index in [4.69, 9.17) is 23.2 Å². The first kappa shape index (κ1) is 19.7. The van der Waals surface area contributed by atoms with E-state index in [1.54, 1.807) is 60.4 Å². The van der Waals surface area contributed by atoms with Crippen LogP contribution in [0.4, 0.5) is 0 Å². The van der Waals surface area contributed by atoms with E-state index < -0.39 is 11.6 Å². The molecule has 2 amide bonds. The number of hydrogen-bond donors (Lipinski definition) is 2. The molecule has 2 atom stereocenters. The van der Waals surface area contributed by atoms with E-state index in [9.17, 15) is 14.7 Å².